The van der Waals surface area contributed by atoms with Crippen LogP contribution in [-0.2, 0) is 15.1 Å². The van der Waals surface area contributed by atoms with Gasteiger partial charge in [-0.15, -0.1) is 0 Å². The van der Waals surface area contributed by atoms with Crippen LogP contribution in [0.1, 0.15) is 0 Å². The van der Waals surface area contributed by atoms with Crippen LogP contribution in [0.25, 0.3) is 34.2 Å². The van der Waals surface area contributed by atoms with Crippen LogP contribution in [0.15, 0.2) is 146 Å². The van der Waals surface area contributed by atoms with Gasteiger partial charge in [-0.1, -0.05) is 36.4 Å². The van der Waals surface area contributed by atoms with E-state index in [1.54, 1.807) is 37.2 Å². The van der Waals surface area contributed by atoms with Crippen molar-refractivity contribution in [2.75, 3.05) is 0 Å². The predicted octanol–water partition coefficient (Wildman–Crippen LogP) is 6.16. The summed E-state index contributed by atoms with van der Waals surface area (Å²) >= 11 is -0.346. The van der Waals surface area contributed by atoms with Gasteiger partial charge in [-0.2, -0.15) is 0 Å². The van der Waals surface area contributed by atoms with E-state index in [1.165, 1.54) is 0 Å². The molecule has 6 aromatic heterocycles. The van der Waals surface area contributed by atoms with Gasteiger partial charge in [-0.05, 0) is 72.8 Å². The van der Waals surface area contributed by atoms with Crippen molar-refractivity contribution in [1.29, 1.82) is 0 Å². The smallest absolute Gasteiger partial charge is 0.0886 e. The van der Waals surface area contributed by atoms with Crippen LogP contribution in [0.5, 0.6) is 0 Å². The Morgan fingerprint density at radius 2 is 0.463 bits per heavy atom. The average Bonchev–Trinajstić information content (AvgIpc) is 3.05. The predicted molar refractivity (Wildman–Crippen MR) is 161 cm³/mol. The fourth-order valence-electron chi connectivity index (χ4n) is 3.09. The molecule has 6 heterocycles. The summed E-state index contributed by atoms with van der Waals surface area (Å²) in [6.07, 6.45) is 10.6. The number of pyridine rings is 6. The summed E-state index contributed by atoms with van der Waals surface area (Å²) < 4.78 is 0. The molecule has 0 unspecified atom stereocenters. The zero-order chi connectivity index (χ0) is 27.4. The normalized spacial score (nSPS) is 9.02. The second kappa shape index (κ2) is 21.8. The van der Waals surface area contributed by atoms with E-state index in [2.05, 4.69) is 29.9 Å². The Morgan fingerprint density at radius 1 is 0.317 bits per heavy atom. The van der Waals surface area contributed by atoms with Gasteiger partial charge < -0.3 is 11.0 Å². The molecule has 4 N–H and O–H groups in total. The number of halogens is 2. The molecule has 0 spiro atoms. The van der Waals surface area contributed by atoms with E-state index in [0.29, 0.717) is 0 Å². The van der Waals surface area contributed by atoms with E-state index in [9.17, 15) is 0 Å². The second-order valence-electron chi connectivity index (χ2n) is 7.34. The molecule has 0 fully saturated rings. The first-order valence-corrected chi connectivity index (χ1v) is 16.1. The van der Waals surface area contributed by atoms with Crippen molar-refractivity contribution in [2.24, 2.45) is 0 Å². The molecule has 41 heavy (non-hydrogen) atoms. The molecule has 0 amide bonds. The molecule has 8 nitrogen and oxygen atoms in total. The Morgan fingerprint density at radius 3 is 0.561 bits per heavy atom. The van der Waals surface area contributed by atoms with Crippen LogP contribution in [-0.4, -0.2) is 40.9 Å². The van der Waals surface area contributed by atoms with E-state index in [-0.39, 0.29) is 26.1 Å². The zero-order valence-corrected chi connectivity index (χ0v) is 24.9. The third kappa shape index (κ3) is 13.3. The molecule has 0 aliphatic carbocycles. The van der Waals surface area contributed by atoms with Gasteiger partial charge in [0.1, 0.15) is 0 Å². The average molecular weight is 677 g/mol. The van der Waals surface area contributed by atoms with E-state index in [0.717, 1.165) is 34.2 Å². The second-order valence-corrected chi connectivity index (χ2v) is 9.98. The molecule has 6 aromatic rings. The monoisotopic (exact) mass is 676 g/mol. The van der Waals surface area contributed by atoms with E-state index >= 15 is 0 Å². The molecule has 11 heteroatoms. The molecule has 212 valence electrons. The van der Waals surface area contributed by atoms with Gasteiger partial charge in [0, 0.05) is 37.2 Å². The van der Waals surface area contributed by atoms with Gasteiger partial charge in [0.05, 0.1) is 34.2 Å². The maximum Gasteiger partial charge on any atom is 0.0886 e. The minimum atomic E-state index is -0.346. The summed E-state index contributed by atoms with van der Waals surface area (Å²) in [6, 6.07) is 34.8. The molecule has 0 saturated heterocycles. The Hall–Kier alpha value is -3.98. The third-order valence-electron chi connectivity index (χ3n) is 4.78. The van der Waals surface area contributed by atoms with Crippen LogP contribution in [0.2, 0.25) is 0 Å². The van der Waals surface area contributed by atoms with Crippen molar-refractivity contribution >= 4 is 19.4 Å². The van der Waals surface area contributed by atoms with E-state index < -0.39 is 0 Å². The van der Waals surface area contributed by atoms with Crippen molar-refractivity contribution in [3.05, 3.63) is 146 Å². The first-order chi connectivity index (χ1) is 19.3. The van der Waals surface area contributed by atoms with Gasteiger partial charge in [-0.3, -0.25) is 29.9 Å². The van der Waals surface area contributed by atoms with Gasteiger partial charge in [0.2, 0.25) is 0 Å². The summed E-state index contributed by atoms with van der Waals surface area (Å²) in [6.45, 7) is 0. The maximum absolute atomic E-state index is 4.85. The SMILES string of the molecule is O.O.[Cl][Ru][Cl].c1ccc(-c2ccccn2)nc1.c1ccc(-c2ccccn2)nc1.c1ccc(-c2ccccn2)nc1. The largest absolute Gasteiger partial charge is 0.255 e. The molecule has 0 saturated carbocycles. The Balaban J connectivity index is 0.000000286. The van der Waals surface area contributed by atoms with Crippen molar-refractivity contribution in [1.82, 2.24) is 29.9 Å². The van der Waals surface area contributed by atoms with Crippen molar-refractivity contribution in [3.8, 4) is 34.2 Å². The molecule has 0 bridgehead atoms. The Kier molecular flexibility index (Phi) is 18.6. The minimum Gasteiger partial charge on any atom is -0.255 e. The number of rotatable bonds is 3. The van der Waals surface area contributed by atoms with Crippen LogP contribution in [0, 0.1) is 0 Å². The summed E-state index contributed by atoms with van der Waals surface area (Å²) in [5.74, 6) is 0. The van der Waals surface area contributed by atoms with Gasteiger partial charge in [0.15, 0.2) is 0 Å². The number of aromatic nitrogens is 6. The van der Waals surface area contributed by atoms with Crippen LogP contribution in [0.4, 0.5) is 0 Å². The molecule has 0 aliphatic rings. The topological polar surface area (TPSA) is 140 Å². The van der Waals surface area contributed by atoms with Gasteiger partial charge >= 0.3 is 34.5 Å². The molecular weight excluding hydrogens is 648 g/mol. The molecule has 0 radical (unpaired) electrons. The molecule has 6 rings (SSSR count). The van der Waals surface area contributed by atoms with Crippen molar-refractivity contribution in [2.45, 2.75) is 0 Å². The van der Waals surface area contributed by atoms with E-state index in [1.807, 2.05) is 109 Å². The fourth-order valence-corrected chi connectivity index (χ4v) is 3.09. The molecular formula is C30H28Cl2N6O2Ru. The van der Waals surface area contributed by atoms with Crippen molar-refractivity contribution < 1.29 is 26.1 Å². The summed E-state index contributed by atoms with van der Waals surface area (Å²) in [5, 5.41) is 0. The van der Waals surface area contributed by atoms with Gasteiger partial charge in [0.25, 0.3) is 0 Å². The van der Waals surface area contributed by atoms with Crippen LogP contribution >= 0.6 is 19.4 Å². The quantitative estimate of drug-likeness (QED) is 0.206. The number of nitrogens with zero attached hydrogens (tertiary/aromatic N) is 6. The van der Waals surface area contributed by atoms with Crippen molar-refractivity contribution in [3.63, 3.8) is 0 Å². The number of hydrogen-bond donors (Lipinski definition) is 0. The third-order valence-corrected chi connectivity index (χ3v) is 4.78. The molecule has 0 aliphatic heterocycles. The summed E-state index contributed by atoms with van der Waals surface area (Å²) in [5.41, 5.74) is 5.49. The zero-order valence-electron chi connectivity index (χ0n) is 21.6. The molecule has 0 aromatic carbocycles. The minimum absolute atomic E-state index is 0. The van der Waals surface area contributed by atoms with Crippen LogP contribution < -0.4 is 0 Å². The Labute approximate surface area is 254 Å². The fraction of sp³-hybridized carbons (Fsp3) is 0. The standard InChI is InChI=1S/3C10H8N2.2ClH.2H2O.Ru/c3*1-3-7-11-9(5-1)10-6-2-4-8-12-10;;;;;/h3*1-8H;2*1H;2*1H2;/q;;;;;;;+2/p-2. The first-order valence-electron chi connectivity index (χ1n) is 11.6. The van der Waals surface area contributed by atoms with E-state index in [4.69, 9.17) is 19.4 Å². The summed E-state index contributed by atoms with van der Waals surface area (Å²) in [4.78, 5) is 25.1. The maximum atomic E-state index is 4.85. The first kappa shape index (κ1) is 35.1. The Bertz CT molecular complexity index is 1140. The summed E-state index contributed by atoms with van der Waals surface area (Å²) in [7, 11) is 9.71. The number of hydrogen-bond acceptors (Lipinski definition) is 6. The van der Waals surface area contributed by atoms with Crippen LogP contribution in [0.3, 0.4) is 0 Å². The molecule has 0 atom stereocenters. The van der Waals surface area contributed by atoms with Gasteiger partial charge in [-0.25, -0.2) is 0 Å².